The topological polar surface area (TPSA) is 53.1 Å². The van der Waals surface area contributed by atoms with Crippen molar-refractivity contribution in [3.05, 3.63) is 64.4 Å². The summed E-state index contributed by atoms with van der Waals surface area (Å²) >= 11 is 5.97. The molecule has 1 heterocycles. The number of carbonyl (C=O) groups excluding carboxylic acids is 2. The van der Waals surface area contributed by atoms with Crippen LogP contribution in [0, 0.1) is 17.7 Å². The molecule has 202 valence electrons. The summed E-state index contributed by atoms with van der Waals surface area (Å²) in [5, 5.41) is 0.675. The molecule has 0 spiro atoms. The number of nitrogens with zero attached hydrogens (tertiary/aromatic N) is 3. The van der Waals surface area contributed by atoms with Crippen molar-refractivity contribution in [2.45, 2.75) is 39.7 Å². The molecule has 37 heavy (non-hydrogen) atoms. The molecule has 0 saturated carbocycles. The largest absolute Gasteiger partial charge is 0.457 e. The highest BCUT2D eigenvalue weighted by atomic mass is 35.5. The van der Waals surface area contributed by atoms with Crippen molar-refractivity contribution in [3.63, 3.8) is 0 Å². The molecular formula is C29H39ClFN3O3. The number of halogens is 2. The molecule has 2 aromatic rings. The maximum Gasteiger partial charge on any atom is 0.307 e. The Morgan fingerprint density at radius 2 is 1.68 bits per heavy atom. The minimum absolute atomic E-state index is 0.0274. The molecule has 2 atom stereocenters. The van der Waals surface area contributed by atoms with Crippen LogP contribution in [0.1, 0.15) is 44.4 Å². The van der Waals surface area contributed by atoms with Crippen LogP contribution in [0.5, 0.6) is 0 Å². The molecule has 1 unspecified atom stereocenters. The van der Waals surface area contributed by atoms with Crippen molar-refractivity contribution >= 4 is 29.2 Å². The fourth-order valence-electron chi connectivity index (χ4n) is 4.69. The smallest absolute Gasteiger partial charge is 0.307 e. The van der Waals surface area contributed by atoms with Crippen LogP contribution < -0.4 is 4.90 Å². The van der Waals surface area contributed by atoms with Gasteiger partial charge in [0.15, 0.2) is 0 Å². The van der Waals surface area contributed by atoms with Gasteiger partial charge >= 0.3 is 5.97 Å². The lowest BCUT2D eigenvalue weighted by Gasteiger charge is -2.39. The monoisotopic (exact) mass is 531 g/mol. The van der Waals surface area contributed by atoms with Crippen molar-refractivity contribution in [2.75, 3.05) is 51.7 Å². The lowest BCUT2D eigenvalue weighted by Crippen LogP contribution is -2.50. The third kappa shape index (κ3) is 7.92. The SMILES string of the molecule is CC(C)C(OC(=O)CCN(C)C)c1cccc(F)c1N1CCN(C(=O)[C@H](C)Cc2ccc(Cl)cc2)CC1. The van der Waals surface area contributed by atoms with Gasteiger partial charge in [-0.25, -0.2) is 4.39 Å². The van der Waals surface area contributed by atoms with Crippen molar-refractivity contribution in [1.82, 2.24) is 9.80 Å². The number of rotatable bonds is 10. The molecule has 1 amide bonds. The van der Waals surface area contributed by atoms with Gasteiger partial charge in [-0.15, -0.1) is 0 Å². The molecule has 0 aromatic heterocycles. The van der Waals surface area contributed by atoms with Gasteiger partial charge in [0, 0.05) is 49.2 Å². The zero-order valence-electron chi connectivity index (χ0n) is 22.5. The highest BCUT2D eigenvalue weighted by molar-refractivity contribution is 6.30. The highest BCUT2D eigenvalue weighted by Gasteiger charge is 2.31. The van der Waals surface area contributed by atoms with Crippen molar-refractivity contribution in [2.24, 2.45) is 11.8 Å². The first-order valence-electron chi connectivity index (χ1n) is 13.0. The van der Waals surface area contributed by atoms with Crippen LogP contribution in [-0.2, 0) is 20.7 Å². The number of para-hydroxylation sites is 1. The van der Waals surface area contributed by atoms with Crippen LogP contribution in [0.4, 0.5) is 10.1 Å². The molecule has 0 aliphatic carbocycles. The van der Waals surface area contributed by atoms with Crippen molar-refractivity contribution in [3.8, 4) is 0 Å². The van der Waals surface area contributed by atoms with Gasteiger partial charge in [-0.05, 0) is 50.2 Å². The number of esters is 1. The average molecular weight is 532 g/mol. The standard InChI is InChI=1S/C29H39ClFN3O3/c1-20(2)28(37-26(35)13-14-32(4)5)24-7-6-8-25(31)27(24)33-15-17-34(18-16-33)29(36)21(3)19-22-9-11-23(30)12-10-22/h6-12,20-21,28H,13-19H2,1-5H3/t21-,28?/m1/s1. The van der Waals surface area contributed by atoms with E-state index in [1.807, 2.05) is 79.9 Å². The third-order valence-corrected chi connectivity index (χ3v) is 6.99. The molecule has 2 aromatic carbocycles. The fourth-order valence-corrected chi connectivity index (χ4v) is 4.82. The van der Waals surface area contributed by atoms with Crippen LogP contribution >= 0.6 is 11.6 Å². The van der Waals surface area contributed by atoms with E-state index in [2.05, 4.69) is 0 Å². The van der Waals surface area contributed by atoms with Gasteiger partial charge in [-0.1, -0.05) is 56.6 Å². The Labute approximate surface area is 225 Å². The Bertz CT molecular complexity index is 1050. The summed E-state index contributed by atoms with van der Waals surface area (Å²) in [5.41, 5.74) is 2.20. The van der Waals surface area contributed by atoms with E-state index in [1.165, 1.54) is 6.07 Å². The van der Waals surface area contributed by atoms with Gasteiger partial charge in [0.05, 0.1) is 12.1 Å². The van der Waals surface area contributed by atoms with Gasteiger partial charge in [0.25, 0.3) is 0 Å². The van der Waals surface area contributed by atoms with E-state index in [-0.39, 0.29) is 36.0 Å². The number of hydrogen-bond donors (Lipinski definition) is 0. The third-order valence-electron chi connectivity index (χ3n) is 6.74. The summed E-state index contributed by atoms with van der Waals surface area (Å²) in [4.78, 5) is 31.4. The summed E-state index contributed by atoms with van der Waals surface area (Å²) in [6.45, 7) is 8.50. The Hall–Kier alpha value is -2.64. The zero-order chi connectivity index (χ0) is 27.1. The molecule has 1 saturated heterocycles. The number of piperazine rings is 1. The maximum absolute atomic E-state index is 15.2. The molecule has 0 bridgehead atoms. The maximum atomic E-state index is 15.2. The average Bonchev–Trinajstić information content (AvgIpc) is 2.86. The lowest BCUT2D eigenvalue weighted by atomic mass is 9.95. The second-order valence-electron chi connectivity index (χ2n) is 10.4. The van der Waals surface area contributed by atoms with E-state index in [9.17, 15) is 9.59 Å². The minimum Gasteiger partial charge on any atom is -0.457 e. The van der Waals surface area contributed by atoms with E-state index >= 15 is 4.39 Å². The van der Waals surface area contributed by atoms with Crippen molar-refractivity contribution in [1.29, 1.82) is 0 Å². The van der Waals surface area contributed by atoms with Crippen molar-refractivity contribution < 1.29 is 18.7 Å². The Balaban J connectivity index is 1.69. The normalized spacial score (nSPS) is 15.7. The molecule has 1 aliphatic rings. The van der Waals surface area contributed by atoms with E-state index in [0.717, 1.165) is 5.56 Å². The molecule has 1 fully saturated rings. The number of carbonyl (C=O) groups is 2. The minimum atomic E-state index is -0.556. The second kappa shape index (κ2) is 13.2. The lowest BCUT2D eigenvalue weighted by molar-refractivity contribution is -0.152. The van der Waals surface area contributed by atoms with E-state index < -0.39 is 6.10 Å². The van der Waals surface area contributed by atoms with Gasteiger partial charge in [0.1, 0.15) is 11.9 Å². The molecule has 3 rings (SSSR count). The van der Waals surface area contributed by atoms with Crippen LogP contribution in [0.15, 0.2) is 42.5 Å². The Morgan fingerprint density at radius 3 is 2.27 bits per heavy atom. The van der Waals surface area contributed by atoms with Gasteiger partial charge in [-0.2, -0.15) is 0 Å². The Kier molecular flexibility index (Phi) is 10.4. The van der Waals surface area contributed by atoms with Crippen LogP contribution in [-0.4, -0.2) is 68.5 Å². The summed E-state index contributed by atoms with van der Waals surface area (Å²) in [6, 6.07) is 12.5. The van der Waals surface area contributed by atoms with Crippen LogP contribution in [0.3, 0.4) is 0 Å². The van der Waals surface area contributed by atoms with Gasteiger partial charge in [0.2, 0.25) is 5.91 Å². The molecular weight excluding hydrogens is 493 g/mol. The van der Waals surface area contributed by atoms with E-state index in [0.29, 0.717) is 55.4 Å². The molecule has 1 aliphatic heterocycles. The predicted octanol–water partition coefficient (Wildman–Crippen LogP) is 5.20. The highest BCUT2D eigenvalue weighted by Crippen LogP contribution is 2.36. The van der Waals surface area contributed by atoms with Gasteiger partial charge < -0.3 is 19.4 Å². The molecule has 6 nitrogen and oxygen atoms in total. The number of ether oxygens (including phenoxy) is 1. The van der Waals surface area contributed by atoms with Gasteiger partial charge in [-0.3, -0.25) is 9.59 Å². The second-order valence-corrected chi connectivity index (χ2v) is 10.9. The van der Waals surface area contributed by atoms with E-state index in [1.54, 1.807) is 6.07 Å². The van der Waals surface area contributed by atoms with E-state index in [4.69, 9.17) is 16.3 Å². The number of benzene rings is 2. The predicted molar refractivity (Wildman–Crippen MR) is 146 cm³/mol. The first-order valence-corrected chi connectivity index (χ1v) is 13.4. The summed E-state index contributed by atoms with van der Waals surface area (Å²) in [7, 11) is 3.81. The summed E-state index contributed by atoms with van der Waals surface area (Å²) < 4.78 is 21.1. The van der Waals surface area contributed by atoms with Crippen LogP contribution in [0.2, 0.25) is 5.02 Å². The number of anilines is 1. The molecule has 0 N–H and O–H groups in total. The first kappa shape index (κ1) is 28.9. The quantitative estimate of drug-likeness (QED) is 0.394. The summed E-state index contributed by atoms with van der Waals surface area (Å²) in [6.07, 6.45) is 0.359. The zero-order valence-corrected chi connectivity index (χ0v) is 23.3. The fraction of sp³-hybridized carbons (Fsp3) is 0.517. The molecule has 8 heteroatoms. The number of hydrogen-bond acceptors (Lipinski definition) is 5. The Morgan fingerprint density at radius 1 is 1.03 bits per heavy atom. The van der Waals surface area contributed by atoms with Crippen LogP contribution in [0.25, 0.3) is 0 Å². The summed E-state index contributed by atoms with van der Waals surface area (Å²) in [5.74, 6) is -0.738. The molecule has 0 radical (unpaired) electrons. The first-order chi connectivity index (χ1) is 17.6. The number of amides is 1.